The Bertz CT molecular complexity index is 382. The van der Waals surface area contributed by atoms with Gasteiger partial charge in [-0.15, -0.1) is 11.6 Å². The fourth-order valence-electron chi connectivity index (χ4n) is 1.71. The van der Waals surface area contributed by atoms with Gasteiger partial charge in [0.2, 0.25) is 0 Å². The van der Waals surface area contributed by atoms with Crippen molar-refractivity contribution in [1.29, 1.82) is 0 Å². The van der Waals surface area contributed by atoms with Crippen molar-refractivity contribution in [1.82, 2.24) is 5.32 Å². The highest BCUT2D eigenvalue weighted by molar-refractivity contribution is 6.17. The lowest BCUT2D eigenvalue weighted by Gasteiger charge is -2.24. The molecular formula is C14H21ClFNO. The highest BCUT2D eigenvalue weighted by Crippen LogP contribution is 2.20. The largest absolute Gasteiger partial charge is 0.494 e. The topological polar surface area (TPSA) is 21.3 Å². The van der Waals surface area contributed by atoms with E-state index in [1.807, 2.05) is 6.07 Å². The number of hydrogen-bond donors (Lipinski definition) is 1. The Morgan fingerprint density at radius 3 is 2.67 bits per heavy atom. The van der Waals surface area contributed by atoms with E-state index in [9.17, 15) is 4.39 Å². The molecule has 1 N–H and O–H groups in total. The Morgan fingerprint density at radius 2 is 2.11 bits per heavy atom. The third-order valence-electron chi connectivity index (χ3n) is 2.92. The minimum Gasteiger partial charge on any atom is -0.494 e. The predicted octanol–water partition coefficient (Wildman–Crippen LogP) is 3.58. The van der Waals surface area contributed by atoms with Crippen molar-refractivity contribution < 1.29 is 9.13 Å². The lowest BCUT2D eigenvalue weighted by Crippen LogP contribution is -2.29. The Hall–Kier alpha value is -0.800. The van der Waals surface area contributed by atoms with Crippen molar-refractivity contribution in [3.8, 4) is 5.75 Å². The molecule has 0 atom stereocenters. The normalized spacial score (nSPS) is 11.6. The summed E-state index contributed by atoms with van der Waals surface area (Å²) < 4.78 is 18.3. The lowest BCUT2D eigenvalue weighted by molar-refractivity contribution is 0.329. The molecule has 102 valence electrons. The van der Waals surface area contributed by atoms with Gasteiger partial charge >= 0.3 is 0 Å². The maximum absolute atomic E-state index is 13.5. The fourth-order valence-corrected chi connectivity index (χ4v) is 2.22. The molecule has 0 aliphatic carbocycles. The van der Waals surface area contributed by atoms with Gasteiger partial charge in [0.1, 0.15) is 0 Å². The van der Waals surface area contributed by atoms with Gasteiger partial charge in [-0.1, -0.05) is 19.9 Å². The second-order valence-corrected chi connectivity index (χ2v) is 5.55. The zero-order valence-electron chi connectivity index (χ0n) is 11.2. The molecule has 0 unspecified atom stereocenters. The summed E-state index contributed by atoms with van der Waals surface area (Å²) >= 11 is 5.74. The summed E-state index contributed by atoms with van der Waals surface area (Å²) in [4.78, 5) is 0. The first-order valence-corrected chi connectivity index (χ1v) is 6.61. The van der Waals surface area contributed by atoms with Gasteiger partial charge in [0.15, 0.2) is 11.6 Å². The van der Waals surface area contributed by atoms with Gasteiger partial charge in [-0.25, -0.2) is 4.39 Å². The smallest absolute Gasteiger partial charge is 0.165 e. The van der Waals surface area contributed by atoms with Crippen molar-refractivity contribution in [3.63, 3.8) is 0 Å². The molecule has 0 heterocycles. The molecule has 0 saturated carbocycles. The van der Waals surface area contributed by atoms with Crippen molar-refractivity contribution in [2.45, 2.75) is 26.8 Å². The first-order valence-electron chi connectivity index (χ1n) is 6.07. The average Bonchev–Trinajstić information content (AvgIpc) is 2.29. The fraction of sp³-hybridized carbons (Fsp3) is 0.571. The van der Waals surface area contributed by atoms with E-state index < -0.39 is 0 Å². The summed E-state index contributed by atoms with van der Waals surface area (Å²) in [6, 6.07) is 5.01. The molecule has 0 amide bonds. The van der Waals surface area contributed by atoms with Crippen molar-refractivity contribution >= 4 is 11.6 Å². The van der Waals surface area contributed by atoms with Crippen molar-refractivity contribution in [2.24, 2.45) is 5.41 Å². The van der Waals surface area contributed by atoms with Crippen LogP contribution >= 0.6 is 11.6 Å². The molecule has 0 spiro atoms. The Labute approximate surface area is 113 Å². The first kappa shape index (κ1) is 15.3. The number of methoxy groups -OCH3 is 1. The van der Waals surface area contributed by atoms with Gasteiger partial charge in [0.05, 0.1) is 7.11 Å². The van der Waals surface area contributed by atoms with Crippen LogP contribution in [0, 0.1) is 11.2 Å². The summed E-state index contributed by atoms with van der Waals surface area (Å²) in [7, 11) is 1.46. The number of halogens is 2. The van der Waals surface area contributed by atoms with Crippen LogP contribution in [-0.2, 0) is 6.54 Å². The Kier molecular flexibility index (Phi) is 5.89. The molecule has 0 radical (unpaired) electrons. The Morgan fingerprint density at radius 1 is 1.39 bits per heavy atom. The third kappa shape index (κ3) is 4.83. The van der Waals surface area contributed by atoms with E-state index in [1.54, 1.807) is 6.07 Å². The SMILES string of the molecule is COc1ccc(CNCC(C)(C)CCCl)cc1F. The number of rotatable bonds is 7. The summed E-state index contributed by atoms with van der Waals surface area (Å²) in [5.74, 6) is 0.615. The monoisotopic (exact) mass is 273 g/mol. The Balaban J connectivity index is 2.47. The van der Waals surface area contributed by atoms with E-state index in [0.29, 0.717) is 12.4 Å². The summed E-state index contributed by atoms with van der Waals surface area (Å²) in [6.45, 7) is 5.83. The molecule has 0 saturated heterocycles. The number of nitrogens with one attached hydrogen (secondary N) is 1. The molecular weight excluding hydrogens is 253 g/mol. The number of benzene rings is 1. The van der Waals surface area contributed by atoms with E-state index in [0.717, 1.165) is 18.5 Å². The molecule has 0 fully saturated rings. The van der Waals surface area contributed by atoms with Crippen molar-refractivity contribution in [2.75, 3.05) is 19.5 Å². The van der Waals surface area contributed by atoms with Gasteiger partial charge in [-0.2, -0.15) is 0 Å². The van der Waals surface area contributed by atoms with Gasteiger partial charge in [-0.3, -0.25) is 0 Å². The molecule has 1 rings (SSSR count). The molecule has 0 aliphatic heterocycles. The van der Waals surface area contributed by atoms with E-state index >= 15 is 0 Å². The highest BCUT2D eigenvalue weighted by atomic mass is 35.5. The molecule has 2 nitrogen and oxygen atoms in total. The maximum Gasteiger partial charge on any atom is 0.165 e. The zero-order valence-corrected chi connectivity index (χ0v) is 12.0. The minimum atomic E-state index is -0.322. The second kappa shape index (κ2) is 6.95. The molecule has 0 aromatic heterocycles. The van der Waals surface area contributed by atoms with E-state index in [1.165, 1.54) is 13.2 Å². The third-order valence-corrected chi connectivity index (χ3v) is 3.11. The molecule has 1 aromatic rings. The average molecular weight is 274 g/mol. The number of ether oxygens (including phenoxy) is 1. The standard InChI is InChI=1S/C14H21ClFNO/c1-14(2,6-7-15)10-17-9-11-4-5-13(18-3)12(16)8-11/h4-5,8,17H,6-7,9-10H2,1-3H3. The number of hydrogen-bond acceptors (Lipinski definition) is 2. The highest BCUT2D eigenvalue weighted by Gasteiger charge is 2.16. The molecule has 4 heteroatoms. The van der Waals surface area contributed by atoms with Crippen LogP contribution in [0.5, 0.6) is 5.75 Å². The molecule has 1 aromatic carbocycles. The molecule has 0 aliphatic rings. The molecule has 18 heavy (non-hydrogen) atoms. The summed E-state index contributed by atoms with van der Waals surface area (Å²) in [6.07, 6.45) is 0.957. The zero-order chi connectivity index (χ0) is 13.6. The van der Waals surface area contributed by atoms with Crippen LogP contribution in [0.4, 0.5) is 4.39 Å². The quantitative estimate of drug-likeness (QED) is 0.767. The van der Waals surface area contributed by atoms with Crippen LogP contribution in [-0.4, -0.2) is 19.5 Å². The van der Waals surface area contributed by atoms with Crippen LogP contribution in [0.3, 0.4) is 0 Å². The number of alkyl halides is 1. The predicted molar refractivity (Wildman–Crippen MR) is 73.8 cm³/mol. The van der Waals surface area contributed by atoms with Crippen LogP contribution in [0.15, 0.2) is 18.2 Å². The van der Waals surface area contributed by atoms with Gasteiger partial charge in [0, 0.05) is 19.0 Å². The minimum absolute atomic E-state index is 0.159. The first-order chi connectivity index (χ1) is 8.48. The van der Waals surface area contributed by atoms with Crippen LogP contribution in [0.25, 0.3) is 0 Å². The lowest BCUT2D eigenvalue weighted by atomic mass is 9.90. The molecule has 0 bridgehead atoms. The summed E-state index contributed by atoms with van der Waals surface area (Å²) in [5.41, 5.74) is 1.07. The van der Waals surface area contributed by atoms with E-state index in [-0.39, 0.29) is 17.0 Å². The van der Waals surface area contributed by atoms with Gasteiger partial charge < -0.3 is 10.1 Å². The van der Waals surface area contributed by atoms with E-state index in [4.69, 9.17) is 16.3 Å². The summed E-state index contributed by atoms with van der Waals surface area (Å²) in [5, 5.41) is 3.33. The van der Waals surface area contributed by atoms with Crippen LogP contribution in [0.2, 0.25) is 0 Å². The van der Waals surface area contributed by atoms with E-state index in [2.05, 4.69) is 19.2 Å². The van der Waals surface area contributed by atoms with Gasteiger partial charge in [-0.05, 0) is 29.5 Å². The van der Waals surface area contributed by atoms with Crippen molar-refractivity contribution in [3.05, 3.63) is 29.6 Å². The maximum atomic E-state index is 13.5. The van der Waals surface area contributed by atoms with Gasteiger partial charge in [0.25, 0.3) is 0 Å². The van der Waals surface area contributed by atoms with Crippen LogP contribution < -0.4 is 10.1 Å². The van der Waals surface area contributed by atoms with Crippen LogP contribution in [0.1, 0.15) is 25.8 Å². The second-order valence-electron chi connectivity index (χ2n) is 5.18.